The highest BCUT2D eigenvalue weighted by Crippen LogP contribution is 2.29. The Morgan fingerprint density at radius 1 is 1.17 bits per heavy atom. The molecule has 0 unspecified atom stereocenters. The second-order valence-corrected chi connectivity index (χ2v) is 5.03. The van der Waals surface area contributed by atoms with Gasteiger partial charge in [-0.1, -0.05) is 42.5 Å². The number of phenolic OH excluding ortho intramolecular Hbond substituents is 1. The van der Waals surface area contributed by atoms with Crippen LogP contribution in [0, 0.1) is 0 Å². The fourth-order valence-electron chi connectivity index (χ4n) is 2.30. The highest BCUT2D eigenvalue weighted by atomic mass is 16.5. The van der Waals surface area contributed by atoms with Crippen LogP contribution in [0.1, 0.15) is 27.9 Å². The van der Waals surface area contributed by atoms with Crippen LogP contribution in [0.5, 0.6) is 11.5 Å². The van der Waals surface area contributed by atoms with Crippen molar-refractivity contribution in [2.45, 2.75) is 12.8 Å². The summed E-state index contributed by atoms with van der Waals surface area (Å²) in [5.41, 5.74) is 1.96. The van der Waals surface area contributed by atoms with Crippen molar-refractivity contribution >= 4 is 12.0 Å². The first-order valence-electron chi connectivity index (χ1n) is 7.35. The normalized spacial score (nSPS) is 10.7. The lowest BCUT2D eigenvalue weighted by Gasteiger charge is -2.09. The summed E-state index contributed by atoms with van der Waals surface area (Å²) < 4.78 is 9.87. The van der Waals surface area contributed by atoms with Gasteiger partial charge in [0, 0.05) is 6.07 Å². The number of rotatable bonds is 6. The topological polar surface area (TPSA) is 55.8 Å². The monoisotopic (exact) mass is 312 g/mol. The van der Waals surface area contributed by atoms with Gasteiger partial charge in [0.1, 0.15) is 17.1 Å². The molecular weight excluding hydrogens is 292 g/mol. The SMILES string of the molecule is COC(=O)c1c(O)cc(OC)cc1C=CCCc1ccccc1. The number of allylic oxidation sites excluding steroid dienone is 1. The van der Waals surface area contributed by atoms with E-state index in [2.05, 4.69) is 12.1 Å². The first-order chi connectivity index (χ1) is 11.2. The maximum atomic E-state index is 11.9. The number of aryl methyl sites for hydroxylation is 1. The van der Waals surface area contributed by atoms with E-state index in [1.54, 1.807) is 12.1 Å². The van der Waals surface area contributed by atoms with Crippen molar-refractivity contribution in [2.24, 2.45) is 0 Å². The number of phenols is 1. The number of methoxy groups -OCH3 is 2. The molecule has 4 heteroatoms. The zero-order chi connectivity index (χ0) is 16.7. The van der Waals surface area contributed by atoms with Crippen LogP contribution in [-0.2, 0) is 11.2 Å². The van der Waals surface area contributed by atoms with Gasteiger partial charge >= 0.3 is 5.97 Å². The lowest BCUT2D eigenvalue weighted by molar-refractivity contribution is 0.0597. The van der Waals surface area contributed by atoms with Gasteiger partial charge in [-0.3, -0.25) is 0 Å². The minimum atomic E-state index is -0.576. The number of carbonyl (C=O) groups is 1. The highest BCUT2D eigenvalue weighted by Gasteiger charge is 2.17. The Labute approximate surface area is 136 Å². The van der Waals surface area contributed by atoms with Gasteiger partial charge in [0.25, 0.3) is 0 Å². The molecule has 0 aliphatic rings. The lowest BCUT2D eigenvalue weighted by atomic mass is 10.0. The van der Waals surface area contributed by atoms with Crippen molar-refractivity contribution in [2.75, 3.05) is 14.2 Å². The molecule has 0 spiro atoms. The summed E-state index contributed by atoms with van der Waals surface area (Å²) in [5.74, 6) is -0.246. The van der Waals surface area contributed by atoms with Gasteiger partial charge in [0.15, 0.2) is 0 Å². The number of benzene rings is 2. The minimum absolute atomic E-state index is 0.143. The van der Waals surface area contributed by atoms with Crippen LogP contribution in [0.2, 0.25) is 0 Å². The van der Waals surface area contributed by atoms with Crippen LogP contribution in [0.3, 0.4) is 0 Å². The molecule has 0 amide bonds. The second-order valence-electron chi connectivity index (χ2n) is 5.03. The van der Waals surface area contributed by atoms with Crippen molar-refractivity contribution in [3.63, 3.8) is 0 Å². The van der Waals surface area contributed by atoms with E-state index >= 15 is 0 Å². The van der Waals surface area contributed by atoms with Gasteiger partial charge in [-0.05, 0) is 30.0 Å². The van der Waals surface area contributed by atoms with E-state index in [-0.39, 0.29) is 11.3 Å². The van der Waals surface area contributed by atoms with Gasteiger partial charge in [-0.25, -0.2) is 4.79 Å². The summed E-state index contributed by atoms with van der Waals surface area (Å²) in [7, 11) is 2.80. The van der Waals surface area contributed by atoms with E-state index in [1.807, 2.05) is 24.3 Å². The molecule has 2 aromatic carbocycles. The zero-order valence-corrected chi connectivity index (χ0v) is 13.3. The summed E-state index contributed by atoms with van der Waals surface area (Å²) >= 11 is 0. The molecule has 23 heavy (non-hydrogen) atoms. The Morgan fingerprint density at radius 2 is 1.91 bits per heavy atom. The van der Waals surface area contributed by atoms with Crippen molar-refractivity contribution in [1.82, 2.24) is 0 Å². The maximum Gasteiger partial charge on any atom is 0.342 e. The molecule has 4 nitrogen and oxygen atoms in total. The largest absolute Gasteiger partial charge is 0.507 e. The summed E-state index contributed by atoms with van der Waals surface area (Å²) in [6.07, 6.45) is 5.49. The molecule has 0 heterocycles. The first-order valence-corrected chi connectivity index (χ1v) is 7.35. The van der Waals surface area contributed by atoms with Crippen molar-refractivity contribution in [3.05, 3.63) is 65.2 Å². The average Bonchev–Trinajstić information content (AvgIpc) is 2.58. The number of hydrogen-bond acceptors (Lipinski definition) is 4. The van der Waals surface area contributed by atoms with E-state index in [4.69, 9.17) is 9.47 Å². The highest BCUT2D eigenvalue weighted by molar-refractivity contribution is 5.96. The van der Waals surface area contributed by atoms with Gasteiger partial charge < -0.3 is 14.6 Å². The third kappa shape index (κ3) is 4.36. The molecule has 1 N–H and O–H groups in total. The van der Waals surface area contributed by atoms with Crippen molar-refractivity contribution in [3.8, 4) is 11.5 Å². The van der Waals surface area contributed by atoms with Gasteiger partial charge in [-0.2, -0.15) is 0 Å². The van der Waals surface area contributed by atoms with Crippen LogP contribution in [-0.4, -0.2) is 25.3 Å². The molecule has 0 aliphatic carbocycles. The molecule has 0 atom stereocenters. The molecule has 2 rings (SSSR count). The molecule has 0 fully saturated rings. The molecule has 0 radical (unpaired) electrons. The summed E-state index contributed by atoms with van der Waals surface area (Å²) in [6, 6.07) is 13.2. The van der Waals surface area contributed by atoms with Crippen LogP contribution in [0.4, 0.5) is 0 Å². The third-order valence-corrected chi connectivity index (χ3v) is 3.49. The smallest absolute Gasteiger partial charge is 0.342 e. The molecule has 0 bridgehead atoms. The van der Waals surface area contributed by atoms with Crippen molar-refractivity contribution in [1.29, 1.82) is 0 Å². The molecule has 0 aliphatic heterocycles. The van der Waals surface area contributed by atoms with E-state index in [0.717, 1.165) is 12.8 Å². The number of carbonyl (C=O) groups excluding carboxylic acids is 1. The summed E-state index contributed by atoms with van der Waals surface area (Å²) in [4.78, 5) is 11.9. The Balaban J connectivity index is 2.18. The average molecular weight is 312 g/mol. The molecular formula is C19H20O4. The quantitative estimate of drug-likeness (QED) is 0.824. The number of hydrogen-bond donors (Lipinski definition) is 1. The van der Waals surface area contributed by atoms with Gasteiger partial charge in [-0.15, -0.1) is 0 Å². The van der Waals surface area contributed by atoms with E-state index in [9.17, 15) is 9.90 Å². The van der Waals surface area contributed by atoms with Crippen LogP contribution < -0.4 is 4.74 Å². The molecule has 0 aromatic heterocycles. The van der Waals surface area contributed by atoms with E-state index in [0.29, 0.717) is 11.3 Å². The lowest BCUT2D eigenvalue weighted by Crippen LogP contribution is -2.04. The fraction of sp³-hybridized carbons (Fsp3) is 0.211. The van der Waals surface area contributed by atoms with Gasteiger partial charge in [0.05, 0.1) is 14.2 Å². The van der Waals surface area contributed by atoms with E-state index in [1.165, 1.54) is 25.8 Å². The molecule has 120 valence electrons. The standard InChI is InChI=1S/C19H20O4/c1-22-16-12-15(18(17(20)13-16)19(21)23-2)11-7-6-10-14-8-4-3-5-9-14/h3-5,7-9,11-13,20H,6,10H2,1-2H3. The van der Waals surface area contributed by atoms with Crippen LogP contribution in [0.25, 0.3) is 6.08 Å². The van der Waals surface area contributed by atoms with Gasteiger partial charge in [0.2, 0.25) is 0 Å². The Kier molecular flexibility index (Phi) is 5.80. The van der Waals surface area contributed by atoms with Crippen molar-refractivity contribution < 1.29 is 19.4 Å². The minimum Gasteiger partial charge on any atom is -0.507 e. The second kappa shape index (κ2) is 8.03. The van der Waals surface area contributed by atoms with E-state index < -0.39 is 5.97 Å². The number of esters is 1. The first kappa shape index (κ1) is 16.6. The Bertz CT molecular complexity index is 690. The summed E-state index contributed by atoms with van der Waals surface area (Å²) in [6.45, 7) is 0. The molecule has 0 saturated carbocycles. The zero-order valence-electron chi connectivity index (χ0n) is 13.3. The summed E-state index contributed by atoms with van der Waals surface area (Å²) in [5, 5.41) is 10.0. The maximum absolute atomic E-state index is 11.9. The Morgan fingerprint density at radius 3 is 2.57 bits per heavy atom. The number of aromatic hydroxyl groups is 1. The molecule has 2 aromatic rings. The fourth-order valence-corrected chi connectivity index (χ4v) is 2.30. The third-order valence-electron chi connectivity index (χ3n) is 3.49. The predicted octanol–water partition coefficient (Wildman–Crippen LogP) is 3.83. The molecule has 0 saturated heterocycles. The van der Waals surface area contributed by atoms with Crippen LogP contribution in [0.15, 0.2) is 48.5 Å². The predicted molar refractivity (Wildman–Crippen MR) is 89.8 cm³/mol. The Hall–Kier alpha value is -2.75. The number of ether oxygens (including phenoxy) is 2. The van der Waals surface area contributed by atoms with Crippen LogP contribution >= 0.6 is 0 Å².